The van der Waals surface area contributed by atoms with E-state index >= 15 is 0 Å². The molecule has 0 bridgehead atoms. The summed E-state index contributed by atoms with van der Waals surface area (Å²) in [5.74, 6) is 0.0868. The van der Waals surface area contributed by atoms with Crippen LogP contribution in [0.5, 0.6) is 0 Å². The van der Waals surface area contributed by atoms with E-state index in [1.165, 1.54) is 12.8 Å². The molecule has 104 valence electrons. The van der Waals surface area contributed by atoms with Crippen molar-refractivity contribution in [2.24, 2.45) is 4.99 Å². The lowest BCUT2D eigenvalue weighted by Crippen LogP contribution is -2.41. The van der Waals surface area contributed by atoms with Crippen molar-refractivity contribution in [1.29, 1.82) is 0 Å². The predicted molar refractivity (Wildman–Crippen MR) is 79.1 cm³/mol. The van der Waals surface area contributed by atoms with Gasteiger partial charge in [-0.1, -0.05) is 25.1 Å². The maximum atomic E-state index is 11.6. The molecular formula is C13H25N3OS. The van der Waals surface area contributed by atoms with E-state index in [0.717, 1.165) is 11.7 Å². The third kappa shape index (κ3) is 6.28. The Bertz CT molecular complexity index is 310. The van der Waals surface area contributed by atoms with Crippen LogP contribution in [-0.4, -0.2) is 35.0 Å². The standard InChI is InChI=1S/C13H25N3OS/c1-5-6-10-9-15-12(18-10)14-8-7-11(17)16-13(2,3)4/h10H,5-9H2,1-4H3,(H,14,15)(H,16,17). The zero-order valence-electron chi connectivity index (χ0n) is 11.9. The van der Waals surface area contributed by atoms with E-state index in [1.54, 1.807) is 0 Å². The van der Waals surface area contributed by atoms with Gasteiger partial charge in [0.1, 0.15) is 0 Å². The molecule has 5 heteroatoms. The van der Waals surface area contributed by atoms with Gasteiger partial charge < -0.3 is 10.6 Å². The van der Waals surface area contributed by atoms with Crippen molar-refractivity contribution in [3.8, 4) is 0 Å². The van der Waals surface area contributed by atoms with E-state index in [-0.39, 0.29) is 11.4 Å². The summed E-state index contributed by atoms with van der Waals surface area (Å²) >= 11 is 1.81. The fourth-order valence-electron chi connectivity index (χ4n) is 1.75. The van der Waals surface area contributed by atoms with E-state index in [0.29, 0.717) is 18.2 Å². The van der Waals surface area contributed by atoms with Gasteiger partial charge in [0.15, 0.2) is 5.17 Å². The van der Waals surface area contributed by atoms with Crippen molar-refractivity contribution in [3.05, 3.63) is 0 Å². The fraction of sp³-hybridized carbons (Fsp3) is 0.846. The van der Waals surface area contributed by atoms with Crippen LogP contribution in [0.15, 0.2) is 4.99 Å². The molecule has 1 amide bonds. The monoisotopic (exact) mass is 271 g/mol. The van der Waals surface area contributed by atoms with Gasteiger partial charge in [-0.25, -0.2) is 0 Å². The number of thioether (sulfide) groups is 1. The molecule has 1 unspecified atom stereocenters. The van der Waals surface area contributed by atoms with Crippen LogP contribution >= 0.6 is 11.8 Å². The van der Waals surface area contributed by atoms with Gasteiger partial charge in [-0.15, -0.1) is 0 Å². The highest BCUT2D eigenvalue weighted by atomic mass is 32.2. The lowest BCUT2D eigenvalue weighted by Gasteiger charge is -2.20. The SMILES string of the molecule is CCCC1CN=C(NCCC(=O)NC(C)(C)C)S1. The molecule has 1 aliphatic heterocycles. The zero-order valence-corrected chi connectivity index (χ0v) is 12.7. The minimum Gasteiger partial charge on any atom is -0.364 e. The van der Waals surface area contributed by atoms with Crippen molar-refractivity contribution in [3.63, 3.8) is 0 Å². The van der Waals surface area contributed by atoms with E-state index in [4.69, 9.17) is 0 Å². The first-order chi connectivity index (χ1) is 8.40. The number of hydrogen-bond acceptors (Lipinski definition) is 4. The summed E-state index contributed by atoms with van der Waals surface area (Å²) in [6.45, 7) is 9.74. The van der Waals surface area contributed by atoms with E-state index in [9.17, 15) is 4.79 Å². The molecule has 4 nitrogen and oxygen atoms in total. The van der Waals surface area contributed by atoms with Gasteiger partial charge >= 0.3 is 0 Å². The Morgan fingerprint density at radius 2 is 2.22 bits per heavy atom. The summed E-state index contributed by atoms with van der Waals surface area (Å²) in [5, 5.41) is 7.81. The summed E-state index contributed by atoms with van der Waals surface area (Å²) in [6.07, 6.45) is 2.91. The minimum atomic E-state index is -0.150. The molecule has 0 aromatic heterocycles. The average Bonchev–Trinajstić information content (AvgIpc) is 2.63. The molecule has 1 heterocycles. The smallest absolute Gasteiger partial charge is 0.222 e. The minimum absolute atomic E-state index is 0.0868. The molecule has 0 aliphatic carbocycles. The van der Waals surface area contributed by atoms with Gasteiger partial charge in [0, 0.05) is 23.8 Å². The van der Waals surface area contributed by atoms with Gasteiger partial charge in [0.05, 0.1) is 6.54 Å². The summed E-state index contributed by atoms with van der Waals surface area (Å²) in [5.41, 5.74) is -0.150. The first-order valence-electron chi connectivity index (χ1n) is 6.66. The molecule has 1 rings (SSSR count). The quantitative estimate of drug-likeness (QED) is 0.805. The third-order valence-electron chi connectivity index (χ3n) is 2.47. The van der Waals surface area contributed by atoms with Crippen molar-refractivity contribution < 1.29 is 4.79 Å². The Kier molecular flexibility index (Phi) is 5.99. The van der Waals surface area contributed by atoms with Crippen molar-refractivity contribution in [1.82, 2.24) is 10.6 Å². The number of aliphatic imine (C=N–C) groups is 1. The summed E-state index contributed by atoms with van der Waals surface area (Å²) < 4.78 is 0. The van der Waals surface area contributed by atoms with Crippen LogP contribution in [-0.2, 0) is 4.79 Å². The Labute approximate surface area is 114 Å². The number of nitrogens with zero attached hydrogens (tertiary/aromatic N) is 1. The Balaban J connectivity index is 2.14. The first-order valence-corrected chi connectivity index (χ1v) is 7.54. The second-order valence-electron chi connectivity index (χ2n) is 5.65. The largest absolute Gasteiger partial charge is 0.364 e. The molecule has 1 aliphatic rings. The van der Waals surface area contributed by atoms with Gasteiger partial charge in [0.25, 0.3) is 0 Å². The van der Waals surface area contributed by atoms with E-state index in [2.05, 4.69) is 22.5 Å². The first kappa shape index (κ1) is 15.3. The molecule has 0 saturated carbocycles. The fourth-order valence-corrected chi connectivity index (χ4v) is 2.90. The second-order valence-corrected chi connectivity index (χ2v) is 6.94. The van der Waals surface area contributed by atoms with Crippen molar-refractivity contribution in [2.45, 2.75) is 57.7 Å². The molecule has 0 saturated heterocycles. The van der Waals surface area contributed by atoms with E-state index < -0.39 is 0 Å². The highest BCUT2D eigenvalue weighted by Gasteiger charge is 2.18. The number of hydrogen-bond donors (Lipinski definition) is 2. The molecule has 0 radical (unpaired) electrons. The second kappa shape index (κ2) is 7.02. The van der Waals surface area contributed by atoms with Crippen LogP contribution in [0.4, 0.5) is 0 Å². The third-order valence-corrected chi connectivity index (χ3v) is 3.68. The predicted octanol–water partition coefficient (Wildman–Crippen LogP) is 2.15. The molecule has 0 aromatic rings. The Hall–Kier alpha value is -0.710. The molecular weight excluding hydrogens is 246 g/mol. The maximum absolute atomic E-state index is 11.6. The topological polar surface area (TPSA) is 53.5 Å². The maximum Gasteiger partial charge on any atom is 0.222 e. The number of rotatable bonds is 5. The lowest BCUT2D eigenvalue weighted by atomic mass is 10.1. The highest BCUT2D eigenvalue weighted by Crippen LogP contribution is 2.23. The molecule has 18 heavy (non-hydrogen) atoms. The molecule has 2 N–H and O–H groups in total. The average molecular weight is 271 g/mol. The molecule has 0 fully saturated rings. The molecule has 0 aromatic carbocycles. The van der Waals surface area contributed by atoms with Crippen molar-refractivity contribution >= 4 is 22.8 Å². The van der Waals surface area contributed by atoms with Crippen LogP contribution < -0.4 is 10.6 Å². The van der Waals surface area contributed by atoms with Gasteiger partial charge in [0.2, 0.25) is 5.91 Å². The zero-order chi connectivity index (χ0) is 13.6. The molecule has 0 spiro atoms. The summed E-state index contributed by atoms with van der Waals surface area (Å²) in [7, 11) is 0. The summed E-state index contributed by atoms with van der Waals surface area (Å²) in [4.78, 5) is 16.0. The van der Waals surface area contributed by atoms with Crippen LogP contribution in [0.25, 0.3) is 0 Å². The summed E-state index contributed by atoms with van der Waals surface area (Å²) in [6, 6.07) is 0. The van der Waals surface area contributed by atoms with Crippen LogP contribution in [0.2, 0.25) is 0 Å². The number of amides is 1. The Morgan fingerprint density at radius 1 is 1.50 bits per heavy atom. The van der Waals surface area contributed by atoms with E-state index in [1.807, 2.05) is 32.5 Å². The van der Waals surface area contributed by atoms with Crippen LogP contribution in [0.3, 0.4) is 0 Å². The van der Waals surface area contributed by atoms with Crippen molar-refractivity contribution in [2.75, 3.05) is 13.1 Å². The lowest BCUT2D eigenvalue weighted by molar-refractivity contribution is -0.122. The van der Waals surface area contributed by atoms with Gasteiger partial charge in [-0.2, -0.15) is 0 Å². The van der Waals surface area contributed by atoms with Gasteiger partial charge in [-0.3, -0.25) is 9.79 Å². The highest BCUT2D eigenvalue weighted by molar-refractivity contribution is 8.14. The number of nitrogens with one attached hydrogen (secondary N) is 2. The Morgan fingerprint density at radius 3 is 2.83 bits per heavy atom. The molecule has 1 atom stereocenters. The normalized spacial score (nSPS) is 19.6. The van der Waals surface area contributed by atoms with Crippen LogP contribution in [0, 0.1) is 0 Å². The van der Waals surface area contributed by atoms with Gasteiger partial charge in [-0.05, 0) is 27.2 Å². The van der Waals surface area contributed by atoms with Crippen LogP contribution in [0.1, 0.15) is 47.0 Å². The number of amidine groups is 1. The number of carbonyl (C=O) groups excluding carboxylic acids is 1. The number of carbonyl (C=O) groups is 1.